The van der Waals surface area contributed by atoms with Gasteiger partial charge in [-0.15, -0.1) is 0 Å². The molecule has 0 aliphatic rings. The van der Waals surface area contributed by atoms with Crippen molar-refractivity contribution in [3.63, 3.8) is 0 Å². The smallest absolute Gasteiger partial charge is 0.335 e. The SMILES string of the molecule is C=C/C=C(\C(=C)C(C)C)C(=O)O. The van der Waals surface area contributed by atoms with Gasteiger partial charge in [-0.3, -0.25) is 0 Å². The molecule has 0 fully saturated rings. The molecular formula is C10H14O2. The maximum absolute atomic E-state index is 10.7. The van der Waals surface area contributed by atoms with Gasteiger partial charge < -0.3 is 5.11 Å². The van der Waals surface area contributed by atoms with Crippen molar-refractivity contribution in [2.24, 2.45) is 5.92 Å². The zero-order valence-electron chi connectivity index (χ0n) is 7.50. The van der Waals surface area contributed by atoms with E-state index in [4.69, 9.17) is 5.11 Å². The summed E-state index contributed by atoms with van der Waals surface area (Å²) >= 11 is 0. The maximum Gasteiger partial charge on any atom is 0.335 e. The molecule has 1 N–H and O–H groups in total. The van der Waals surface area contributed by atoms with Gasteiger partial charge in [-0.2, -0.15) is 0 Å². The molecule has 0 spiro atoms. The third kappa shape index (κ3) is 2.74. The maximum atomic E-state index is 10.7. The predicted molar refractivity (Wildman–Crippen MR) is 49.9 cm³/mol. The molecule has 0 heterocycles. The van der Waals surface area contributed by atoms with Crippen LogP contribution in [-0.2, 0) is 4.79 Å². The lowest BCUT2D eigenvalue weighted by Crippen LogP contribution is -2.06. The number of aliphatic carboxylic acids is 1. The largest absolute Gasteiger partial charge is 0.478 e. The van der Waals surface area contributed by atoms with Crippen LogP contribution in [-0.4, -0.2) is 11.1 Å². The van der Waals surface area contributed by atoms with Gasteiger partial charge in [0.05, 0.1) is 5.57 Å². The first-order valence-corrected chi connectivity index (χ1v) is 3.75. The average Bonchev–Trinajstić information content (AvgIpc) is 1.98. The van der Waals surface area contributed by atoms with Crippen LogP contribution in [0.3, 0.4) is 0 Å². The van der Waals surface area contributed by atoms with Gasteiger partial charge in [0.25, 0.3) is 0 Å². The van der Waals surface area contributed by atoms with Crippen molar-refractivity contribution in [1.29, 1.82) is 0 Å². The van der Waals surface area contributed by atoms with E-state index in [1.165, 1.54) is 12.2 Å². The third-order valence-electron chi connectivity index (χ3n) is 1.56. The fourth-order valence-electron chi connectivity index (χ4n) is 0.745. The van der Waals surface area contributed by atoms with Crippen LogP contribution in [0.15, 0.2) is 36.5 Å². The number of carboxylic acids is 1. The van der Waals surface area contributed by atoms with Crippen molar-refractivity contribution in [2.75, 3.05) is 0 Å². The summed E-state index contributed by atoms with van der Waals surface area (Å²) < 4.78 is 0. The molecule has 0 aromatic carbocycles. The van der Waals surface area contributed by atoms with Crippen LogP contribution in [0.4, 0.5) is 0 Å². The molecule has 0 aliphatic carbocycles. The van der Waals surface area contributed by atoms with Gasteiger partial charge in [0.1, 0.15) is 0 Å². The molecular weight excluding hydrogens is 152 g/mol. The zero-order chi connectivity index (χ0) is 9.72. The molecule has 0 bridgehead atoms. The van der Waals surface area contributed by atoms with Crippen LogP contribution in [0.1, 0.15) is 13.8 Å². The number of rotatable bonds is 4. The molecule has 66 valence electrons. The first-order valence-electron chi connectivity index (χ1n) is 3.75. The first kappa shape index (κ1) is 10.7. The summed E-state index contributed by atoms with van der Waals surface area (Å²) in [5, 5.41) is 8.75. The number of carboxylic acid groups (broad SMARTS) is 1. The van der Waals surface area contributed by atoms with Gasteiger partial charge in [0.2, 0.25) is 0 Å². The summed E-state index contributed by atoms with van der Waals surface area (Å²) in [4.78, 5) is 10.7. The average molecular weight is 166 g/mol. The quantitative estimate of drug-likeness (QED) is 0.514. The normalized spacial score (nSPS) is 11.4. The lowest BCUT2D eigenvalue weighted by atomic mass is 9.97. The minimum absolute atomic E-state index is 0.146. The van der Waals surface area contributed by atoms with Crippen molar-refractivity contribution >= 4 is 5.97 Å². The van der Waals surface area contributed by atoms with Crippen LogP contribution < -0.4 is 0 Å². The molecule has 2 heteroatoms. The molecule has 0 radical (unpaired) electrons. The number of carbonyl (C=O) groups is 1. The molecule has 0 amide bonds. The second-order valence-corrected chi connectivity index (χ2v) is 2.80. The van der Waals surface area contributed by atoms with Crippen molar-refractivity contribution in [2.45, 2.75) is 13.8 Å². The van der Waals surface area contributed by atoms with E-state index in [0.29, 0.717) is 5.57 Å². The molecule has 2 nitrogen and oxygen atoms in total. The van der Waals surface area contributed by atoms with E-state index < -0.39 is 5.97 Å². The molecule has 0 saturated carbocycles. The number of hydrogen-bond acceptors (Lipinski definition) is 1. The summed E-state index contributed by atoms with van der Waals surface area (Å²) in [6, 6.07) is 0. The van der Waals surface area contributed by atoms with E-state index in [-0.39, 0.29) is 11.5 Å². The van der Waals surface area contributed by atoms with Crippen LogP contribution in [0.2, 0.25) is 0 Å². The minimum atomic E-state index is -0.950. The summed E-state index contributed by atoms with van der Waals surface area (Å²) in [6.07, 6.45) is 2.92. The van der Waals surface area contributed by atoms with Crippen LogP contribution >= 0.6 is 0 Å². The second-order valence-electron chi connectivity index (χ2n) is 2.80. The van der Waals surface area contributed by atoms with E-state index in [1.807, 2.05) is 13.8 Å². The Morgan fingerprint density at radius 2 is 2.00 bits per heavy atom. The van der Waals surface area contributed by atoms with Gasteiger partial charge in [-0.05, 0) is 17.6 Å². The molecule has 0 atom stereocenters. The predicted octanol–water partition coefficient (Wildman–Crippen LogP) is 2.40. The number of allylic oxidation sites excluding steroid dienone is 2. The molecule has 0 aliphatic heterocycles. The highest BCUT2D eigenvalue weighted by Crippen LogP contribution is 2.17. The Kier molecular flexibility index (Phi) is 4.05. The topological polar surface area (TPSA) is 37.3 Å². The Labute approximate surface area is 72.9 Å². The van der Waals surface area contributed by atoms with Crippen molar-refractivity contribution in [3.05, 3.63) is 36.5 Å². The van der Waals surface area contributed by atoms with Crippen molar-refractivity contribution in [3.8, 4) is 0 Å². The Morgan fingerprint density at radius 3 is 2.25 bits per heavy atom. The van der Waals surface area contributed by atoms with Crippen LogP contribution in [0.5, 0.6) is 0 Å². The highest BCUT2D eigenvalue weighted by atomic mass is 16.4. The molecule has 0 unspecified atom stereocenters. The van der Waals surface area contributed by atoms with E-state index in [0.717, 1.165) is 0 Å². The fraction of sp³-hybridized carbons (Fsp3) is 0.300. The Morgan fingerprint density at radius 1 is 1.50 bits per heavy atom. The van der Waals surface area contributed by atoms with Crippen molar-refractivity contribution < 1.29 is 9.90 Å². The standard InChI is InChI=1S/C10H14O2/c1-5-6-9(10(11)12)8(4)7(2)3/h5-7H,1,4H2,2-3H3,(H,11,12)/b9-6+. The lowest BCUT2D eigenvalue weighted by molar-refractivity contribution is -0.132. The van der Waals surface area contributed by atoms with Crippen LogP contribution in [0.25, 0.3) is 0 Å². The fourth-order valence-corrected chi connectivity index (χ4v) is 0.745. The minimum Gasteiger partial charge on any atom is -0.478 e. The van der Waals surface area contributed by atoms with Gasteiger partial charge in [0.15, 0.2) is 0 Å². The monoisotopic (exact) mass is 166 g/mol. The summed E-state index contributed by atoms with van der Waals surface area (Å²) in [5.74, 6) is -0.805. The third-order valence-corrected chi connectivity index (χ3v) is 1.56. The molecule has 0 rings (SSSR count). The molecule has 0 aromatic heterocycles. The van der Waals surface area contributed by atoms with Crippen LogP contribution in [0, 0.1) is 5.92 Å². The van der Waals surface area contributed by atoms with E-state index in [2.05, 4.69) is 13.2 Å². The van der Waals surface area contributed by atoms with E-state index >= 15 is 0 Å². The van der Waals surface area contributed by atoms with E-state index in [9.17, 15) is 4.79 Å². The zero-order valence-corrected chi connectivity index (χ0v) is 7.50. The Hall–Kier alpha value is -1.31. The second kappa shape index (κ2) is 4.54. The first-order chi connectivity index (χ1) is 5.50. The van der Waals surface area contributed by atoms with Gasteiger partial charge in [-0.1, -0.05) is 33.1 Å². The summed E-state index contributed by atoms with van der Waals surface area (Å²) in [7, 11) is 0. The van der Waals surface area contributed by atoms with Gasteiger partial charge in [-0.25, -0.2) is 4.79 Å². The van der Waals surface area contributed by atoms with Crippen molar-refractivity contribution in [1.82, 2.24) is 0 Å². The Balaban J connectivity index is 4.76. The van der Waals surface area contributed by atoms with Gasteiger partial charge >= 0.3 is 5.97 Å². The summed E-state index contributed by atoms with van der Waals surface area (Å²) in [6.45, 7) is 11.0. The van der Waals surface area contributed by atoms with E-state index in [1.54, 1.807) is 0 Å². The number of hydrogen-bond donors (Lipinski definition) is 1. The molecule has 12 heavy (non-hydrogen) atoms. The van der Waals surface area contributed by atoms with Gasteiger partial charge in [0, 0.05) is 0 Å². The summed E-state index contributed by atoms with van der Waals surface area (Å²) in [5.41, 5.74) is 0.863. The molecule has 0 aromatic rings. The molecule has 0 saturated heterocycles. The lowest BCUT2D eigenvalue weighted by Gasteiger charge is -2.08. The highest BCUT2D eigenvalue weighted by Gasteiger charge is 2.12. The Bertz CT molecular complexity index is 234. The highest BCUT2D eigenvalue weighted by molar-refractivity contribution is 5.92.